The van der Waals surface area contributed by atoms with Gasteiger partial charge in [-0.05, 0) is 41.8 Å². The maximum atomic E-state index is 13.0. The highest BCUT2D eigenvalue weighted by Crippen LogP contribution is 2.35. The van der Waals surface area contributed by atoms with E-state index in [1.54, 1.807) is 12.1 Å². The van der Waals surface area contributed by atoms with E-state index in [1.165, 1.54) is 28.8 Å². The summed E-state index contributed by atoms with van der Waals surface area (Å²) in [6.07, 6.45) is 3.16. The lowest BCUT2D eigenvalue weighted by Gasteiger charge is -2.19. The zero-order valence-electron chi connectivity index (χ0n) is 13.0. The molecule has 2 atom stereocenters. The molecule has 1 N–H and O–H groups in total. The van der Waals surface area contributed by atoms with Gasteiger partial charge in [0.25, 0.3) is 0 Å². The number of halogens is 1. The molecule has 118 valence electrons. The van der Waals surface area contributed by atoms with Crippen molar-refractivity contribution in [3.63, 3.8) is 0 Å². The molecular formula is C20H20FNO. The number of rotatable bonds is 4. The molecule has 0 bridgehead atoms. The largest absolute Gasteiger partial charge is 0.490 e. The van der Waals surface area contributed by atoms with Crippen molar-refractivity contribution in [3.05, 3.63) is 77.1 Å². The third-order valence-corrected chi connectivity index (χ3v) is 4.76. The minimum Gasteiger partial charge on any atom is -0.490 e. The minimum absolute atomic E-state index is 0.186. The molecule has 4 rings (SSSR count). The first-order chi connectivity index (χ1) is 11.3. The van der Waals surface area contributed by atoms with E-state index in [1.807, 2.05) is 0 Å². The van der Waals surface area contributed by atoms with Gasteiger partial charge in [-0.25, -0.2) is 4.39 Å². The van der Waals surface area contributed by atoms with Gasteiger partial charge in [0.15, 0.2) is 0 Å². The number of hydrogen-bond acceptors (Lipinski definition) is 2. The van der Waals surface area contributed by atoms with E-state index in [4.69, 9.17) is 4.74 Å². The SMILES string of the molecule is Fc1ccc(OC2CC3=C(C2)C(Cc2ccccc2)NC3)cc1. The van der Waals surface area contributed by atoms with Crippen LogP contribution in [-0.2, 0) is 6.42 Å². The van der Waals surface area contributed by atoms with E-state index in [0.29, 0.717) is 6.04 Å². The molecule has 2 aliphatic rings. The van der Waals surface area contributed by atoms with Crippen molar-refractivity contribution in [1.29, 1.82) is 0 Å². The zero-order valence-corrected chi connectivity index (χ0v) is 13.0. The van der Waals surface area contributed by atoms with Gasteiger partial charge in [-0.3, -0.25) is 0 Å². The Labute approximate surface area is 136 Å². The Hall–Kier alpha value is -2.13. The summed E-state index contributed by atoms with van der Waals surface area (Å²) in [6, 6.07) is 17.3. The summed E-state index contributed by atoms with van der Waals surface area (Å²) in [5, 5.41) is 3.62. The fourth-order valence-corrected chi connectivity index (χ4v) is 3.65. The predicted octanol–water partition coefficient (Wildman–Crippen LogP) is 3.88. The molecule has 23 heavy (non-hydrogen) atoms. The molecule has 0 spiro atoms. The van der Waals surface area contributed by atoms with Gasteiger partial charge in [-0.15, -0.1) is 0 Å². The molecule has 1 aliphatic carbocycles. The predicted molar refractivity (Wildman–Crippen MR) is 89.0 cm³/mol. The summed E-state index contributed by atoms with van der Waals surface area (Å²) in [7, 11) is 0. The number of ether oxygens (including phenoxy) is 1. The van der Waals surface area contributed by atoms with Crippen LogP contribution in [0, 0.1) is 5.82 Å². The van der Waals surface area contributed by atoms with Crippen LogP contribution in [0.2, 0.25) is 0 Å². The van der Waals surface area contributed by atoms with E-state index in [0.717, 1.165) is 31.6 Å². The summed E-state index contributed by atoms with van der Waals surface area (Å²) < 4.78 is 19.0. The van der Waals surface area contributed by atoms with Crippen LogP contribution in [0.1, 0.15) is 18.4 Å². The van der Waals surface area contributed by atoms with E-state index in [9.17, 15) is 4.39 Å². The second kappa shape index (κ2) is 6.17. The highest BCUT2D eigenvalue weighted by Gasteiger charge is 2.34. The van der Waals surface area contributed by atoms with Gasteiger partial charge in [0.1, 0.15) is 17.7 Å². The Balaban J connectivity index is 1.40. The number of hydrogen-bond donors (Lipinski definition) is 1. The first-order valence-corrected chi connectivity index (χ1v) is 8.18. The third kappa shape index (κ3) is 3.15. The molecule has 1 aliphatic heterocycles. The Kier molecular flexibility index (Phi) is 3.88. The molecule has 2 aromatic rings. The van der Waals surface area contributed by atoms with Crippen LogP contribution >= 0.6 is 0 Å². The van der Waals surface area contributed by atoms with Crippen molar-refractivity contribution in [3.8, 4) is 5.75 Å². The van der Waals surface area contributed by atoms with Crippen LogP contribution in [0.25, 0.3) is 0 Å². The molecule has 2 unspecified atom stereocenters. The van der Waals surface area contributed by atoms with Crippen molar-refractivity contribution in [2.24, 2.45) is 0 Å². The van der Waals surface area contributed by atoms with E-state index in [-0.39, 0.29) is 11.9 Å². The van der Waals surface area contributed by atoms with Gasteiger partial charge >= 0.3 is 0 Å². The van der Waals surface area contributed by atoms with E-state index >= 15 is 0 Å². The fourth-order valence-electron chi connectivity index (χ4n) is 3.65. The van der Waals surface area contributed by atoms with Crippen LogP contribution in [-0.4, -0.2) is 18.7 Å². The lowest BCUT2D eigenvalue weighted by Crippen LogP contribution is -2.30. The summed E-state index contributed by atoms with van der Waals surface area (Å²) in [4.78, 5) is 0. The first kappa shape index (κ1) is 14.5. The third-order valence-electron chi connectivity index (χ3n) is 4.76. The van der Waals surface area contributed by atoms with Crippen LogP contribution in [0.5, 0.6) is 5.75 Å². The van der Waals surface area contributed by atoms with Gasteiger partial charge in [-0.1, -0.05) is 35.9 Å². The molecule has 0 amide bonds. The molecule has 0 saturated heterocycles. The molecule has 2 aromatic carbocycles. The Morgan fingerprint density at radius 1 is 1.00 bits per heavy atom. The summed E-state index contributed by atoms with van der Waals surface area (Å²) >= 11 is 0. The lowest BCUT2D eigenvalue weighted by molar-refractivity contribution is 0.208. The second-order valence-corrected chi connectivity index (χ2v) is 6.35. The average molecular weight is 309 g/mol. The summed E-state index contributed by atoms with van der Waals surface area (Å²) in [5.41, 5.74) is 4.38. The summed E-state index contributed by atoms with van der Waals surface area (Å²) in [5.74, 6) is 0.529. The quantitative estimate of drug-likeness (QED) is 0.866. The van der Waals surface area contributed by atoms with Gasteiger partial charge in [0.05, 0.1) is 0 Å². The lowest BCUT2D eigenvalue weighted by atomic mass is 9.99. The summed E-state index contributed by atoms with van der Waals surface area (Å²) in [6.45, 7) is 0.968. The van der Waals surface area contributed by atoms with Crippen molar-refractivity contribution >= 4 is 0 Å². The Morgan fingerprint density at radius 3 is 2.57 bits per heavy atom. The molecule has 0 saturated carbocycles. The van der Waals surface area contributed by atoms with Crippen molar-refractivity contribution in [1.82, 2.24) is 5.32 Å². The van der Waals surface area contributed by atoms with Crippen molar-refractivity contribution in [2.75, 3.05) is 6.54 Å². The monoisotopic (exact) mass is 309 g/mol. The Morgan fingerprint density at radius 2 is 1.78 bits per heavy atom. The fraction of sp³-hybridized carbons (Fsp3) is 0.300. The molecule has 0 fully saturated rings. The molecule has 0 radical (unpaired) electrons. The van der Waals surface area contributed by atoms with Gasteiger partial charge in [-0.2, -0.15) is 0 Å². The van der Waals surface area contributed by atoms with Crippen LogP contribution in [0.15, 0.2) is 65.7 Å². The second-order valence-electron chi connectivity index (χ2n) is 6.35. The van der Waals surface area contributed by atoms with E-state index in [2.05, 4.69) is 35.6 Å². The Bertz CT molecular complexity index is 708. The number of benzene rings is 2. The highest BCUT2D eigenvalue weighted by molar-refractivity contribution is 5.35. The van der Waals surface area contributed by atoms with Gasteiger partial charge in [0.2, 0.25) is 0 Å². The topological polar surface area (TPSA) is 21.3 Å². The normalized spacial score (nSPS) is 23.2. The standard InChI is InChI=1S/C20H20FNO/c21-16-6-8-17(9-7-16)23-18-11-15-13-22-20(19(15)12-18)10-14-4-2-1-3-5-14/h1-9,18,20,22H,10-13H2. The van der Waals surface area contributed by atoms with E-state index < -0.39 is 0 Å². The zero-order chi connectivity index (χ0) is 15.6. The van der Waals surface area contributed by atoms with Crippen LogP contribution in [0.3, 0.4) is 0 Å². The number of nitrogens with one attached hydrogen (secondary N) is 1. The minimum atomic E-state index is -0.225. The molecule has 1 heterocycles. The first-order valence-electron chi connectivity index (χ1n) is 8.18. The maximum absolute atomic E-state index is 13.0. The van der Waals surface area contributed by atoms with Crippen LogP contribution in [0.4, 0.5) is 4.39 Å². The molecule has 0 aromatic heterocycles. The maximum Gasteiger partial charge on any atom is 0.123 e. The van der Waals surface area contributed by atoms with Crippen LogP contribution < -0.4 is 10.1 Å². The van der Waals surface area contributed by atoms with Crippen molar-refractivity contribution < 1.29 is 9.13 Å². The average Bonchev–Trinajstić information content (AvgIpc) is 3.12. The molecule has 2 nitrogen and oxygen atoms in total. The van der Waals surface area contributed by atoms with Crippen molar-refractivity contribution in [2.45, 2.75) is 31.4 Å². The highest BCUT2D eigenvalue weighted by atomic mass is 19.1. The van der Waals surface area contributed by atoms with Gasteiger partial charge < -0.3 is 10.1 Å². The molecular weight excluding hydrogens is 289 g/mol. The molecule has 3 heteroatoms. The smallest absolute Gasteiger partial charge is 0.123 e. The van der Waals surface area contributed by atoms with Gasteiger partial charge in [0, 0.05) is 25.4 Å².